The van der Waals surface area contributed by atoms with Crippen molar-refractivity contribution in [1.29, 1.82) is 0 Å². The van der Waals surface area contributed by atoms with Gasteiger partial charge in [0.05, 0.1) is 17.7 Å². The molecule has 0 amide bonds. The van der Waals surface area contributed by atoms with Gasteiger partial charge in [-0.05, 0) is 54.6 Å². The van der Waals surface area contributed by atoms with Crippen LogP contribution in [-0.2, 0) is 10.0 Å². The van der Waals surface area contributed by atoms with Gasteiger partial charge in [0.1, 0.15) is 5.75 Å². The minimum Gasteiger partial charge on any atom is -0.496 e. The summed E-state index contributed by atoms with van der Waals surface area (Å²) in [4.78, 5) is 3.28. The summed E-state index contributed by atoms with van der Waals surface area (Å²) in [7, 11) is -0.597. The van der Waals surface area contributed by atoms with Crippen LogP contribution in [0.25, 0.3) is 11.3 Å². The molecule has 3 aromatic rings. The van der Waals surface area contributed by atoms with Crippen LogP contribution in [0.5, 0.6) is 5.75 Å². The van der Waals surface area contributed by atoms with Crippen molar-refractivity contribution < 1.29 is 13.2 Å². The number of ether oxygens (including phenoxy) is 1. The molecular weight excluding hydrogens is 404 g/mol. The van der Waals surface area contributed by atoms with Crippen LogP contribution >= 0.6 is 15.9 Å². The third-order valence-corrected chi connectivity index (χ3v) is 6.22. The van der Waals surface area contributed by atoms with Crippen molar-refractivity contribution in [2.24, 2.45) is 0 Å². The van der Waals surface area contributed by atoms with Crippen molar-refractivity contribution in [1.82, 2.24) is 4.98 Å². The third-order valence-electron chi connectivity index (χ3n) is 3.91. The Labute approximate surface area is 155 Å². The SMILES string of the molecule is COc1ccc(S(=O)(=O)N(C)c2ccc(Br)cc2)cc1-c1ccc[nH]1. The molecule has 0 aliphatic heterocycles. The number of methoxy groups -OCH3 is 1. The van der Waals surface area contributed by atoms with Crippen LogP contribution in [-0.4, -0.2) is 27.6 Å². The summed E-state index contributed by atoms with van der Waals surface area (Å²) < 4.78 is 33.5. The van der Waals surface area contributed by atoms with E-state index >= 15 is 0 Å². The number of anilines is 1. The number of hydrogen-bond donors (Lipinski definition) is 1. The second kappa shape index (κ2) is 6.93. The van der Waals surface area contributed by atoms with Crippen LogP contribution in [0.15, 0.2) is 70.2 Å². The quantitative estimate of drug-likeness (QED) is 0.669. The van der Waals surface area contributed by atoms with Gasteiger partial charge >= 0.3 is 0 Å². The smallest absolute Gasteiger partial charge is 0.264 e. The van der Waals surface area contributed by atoms with Gasteiger partial charge in [0.15, 0.2) is 0 Å². The first-order chi connectivity index (χ1) is 11.9. The topological polar surface area (TPSA) is 62.4 Å². The van der Waals surface area contributed by atoms with Crippen LogP contribution in [0.1, 0.15) is 0 Å². The van der Waals surface area contributed by atoms with E-state index in [1.807, 2.05) is 12.1 Å². The van der Waals surface area contributed by atoms with Crippen molar-refractivity contribution >= 4 is 31.6 Å². The van der Waals surface area contributed by atoms with E-state index in [2.05, 4.69) is 20.9 Å². The molecular formula is C18H17BrN2O3S. The zero-order chi connectivity index (χ0) is 18.0. The molecule has 1 N–H and O–H groups in total. The molecule has 0 atom stereocenters. The molecule has 7 heteroatoms. The van der Waals surface area contributed by atoms with Gasteiger partial charge in [-0.1, -0.05) is 15.9 Å². The van der Waals surface area contributed by atoms with E-state index in [4.69, 9.17) is 4.74 Å². The zero-order valence-corrected chi connectivity index (χ0v) is 16.1. The standard InChI is InChI=1S/C18H17BrN2O3S/c1-21(14-7-5-13(19)6-8-14)25(22,23)15-9-10-18(24-2)16(12-15)17-4-3-11-20-17/h3-12,20H,1-2H3. The number of nitrogens with zero attached hydrogens (tertiary/aromatic N) is 1. The third kappa shape index (κ3) is 3.43. The van der Waals surface area contributed by atoms with E-state index in [0.717, 1.165) is 10.2 Å². The molecule has 0 fully saturated rings. The molecule has 3 rings (SSSR count). The predicted octanol–water partition coefficient (Wildman–Crippen LogP) is 4.28. The highest BCUT2D eigenvalue weighted by Gasteiger charge is 2.23. The number of nitrogens with one attached hydrogen (secondary N) is 1. The van der Waals surface area contributed by atoms with E-state index in [9.17, 15) is 8.42 Å². The van der Waals surface area contributed by atoms with Gasteiger partial charge in [-0.25, -0.2) is 8.42 Å². The Morgan fingerprint density at radius 2 is 1.80 bits per heavy atom. The highest BCUT2D eigenvalue weighted by Crippen LogP contribution is 2.33. The van der Waals surface area contributed by atoms with E-state index < -0.39 is 10.0 Å². The number of benzene rings is 2. The van der Waals surface area contributed by atoms with E-state index in [1.165, 1.54) is 11.4 Å². The molecule has 0 saturated heterocycles. The first kappa shape index (κ1) is 17.6. The van der Waals surface area contributed by atoms with E-state index in [1.54, 1.807) is 55.8 Å². The number of H-pyrrole nitrogens is 1. The number of hydrogen-bond acceptors (Lipinski definition) is 3. The summed E-state index contributed by atoms with van der Waals surface area (Å²) >= 11 is 3.35. The molecule has 2 aromatic carbocycles. The minimum atomic E-state index is -3.69. The molecule has 0 aliphatic carbocycles. The van der Waals surface area contributed by atoms with Gasteiger partial charge in [0.25, 0.3) is 10.0 Å². The molecule has 0 unspecified atom stereocenters. The monoisotopic (exact) mass is 420 g/mol. The minimum absolute atomic E-state index is 0.198. The largest absolute Gasteiger partial charge is 0.496 e. The van der Waals surface area contributed by atoms with Gasteiger partial charge in [0, 0.05) is 29.0 Å². The Balaban J connectivity index is 2.05. The lowest BCUT2D eigenvalue weighted by molar-refractivity contribution is 0.416. The molecule has 5 nitrogen and oxygen atoms in total. The molecule has 0 aliphatic rings. The Bertz CT molecular complexity index is 968. The van der Waals surface area contributed by atoms with E-state index in [0.29, 0.717) is 17.0 Å². The highest BCUT2D eigenvalue weighted by molar-refractivity contribution is 9.10. The highest BCUT2D eigenvalue weighted by atomic mass is 79.9. The van der Waals surface area contributed by atoms with Crippen LogP contribution in [0, 0.1) is 0 Å². The number of aromatic nitrogens is 1. The Morgan fingerprint density at radius 1 is 1.08 bits per heavy atom. The average Bonchev–Trinajstić information content (AvgIpc) is 3.15. The maximum atomic E-state index is 13.0. The normalized spacial score (nSPS) is 11.3. The summed E-state index contributed by atoms with van der Waals surface area (Å²) in [6.07, 6.45) is 1.78. The van der Waals surface area contributed by atoms with Gasteiger partial charge < -0.3 is 9.72 Å². The fraction of sp³-hybridized carbons (Fsp3) is 0.111. The second-order valence-corrected chi connectivity index (χ2v) is 8.28. The molecule has 1 heterocycles. The summed E-state index contributed by atoms with van der Waals surface area (Å²) in [6, 6.07) is 15.7. The molecule has 0 radical (unpaired) electrons. The van der Waals surface area contributed by atoms with Gasteiger partial charge in [-0.15, -0.1) is 0 Å². The second-order valence-electron chi connectivity index (χ2n) is 5.39. The van der Waals surface area contributed by atoms with Crippen molar-refractivity contribution in [3.05, 3.63) is 65.3 Å². The number of sulfonamides is 1. The lowest BCUT2D eigenvalue weighted by Crippen LogP contribution is -2.26. The average molecular weight is 421 g/mol. The molecule has 0 spiro atoms. The van der Waals surface area contributed by atoms with Gasteiger partial charge in [-0.3, -0.25) is 4.31 Å². The predicted molar refractivity (Wildman–Crippen MR) is 103 cm³/mol. The first-order valence-electron chi connectivity index (χ1n) is 7.50. The van der Waals surface area contributed by atoms with Crippen molar-refractivity contribution in [3.8, 4) is 17.0 Å². The summed E-state index contributed by atoms with van der Waals surface area (Å²) in [5.41, 5.74) is 2.07. The van der Waals surface area contributed by atoms with Crippen LogP contribution < -0.4 is 9.04 Å². The van der Waals surface area contributed by atoms with Crippen molar-refractivity contribution in [2.75, 3.05) is 18.5 Å². The number of aromatic amines is 1. The maximum Gasteiger partial charge on any atom is 0.264 e. The van der Waals surface area contributed by atoms with Crippen molar-refractivity contribution in [3.63, 3.8) is 0 Å². The van der Waals surface area contributed by atoms with Gasteiger partial charge in [0.2, 0.25) is 0 Å². The molecule has 25 heavy (non-hydrogen) atoms. The summed E-state index contributed by atoms with van der Waals surface area (Å²) in [5, 5.41) is 0. The fourth-order valence-electron chi connectivity index (χ4n) is 2.50. The zero-order valence-electron chi connectivity index (χ0n) is 13.7. The Hall–Kier alpha value is -2.25. The van der Waals surface area contributed by atoms with E-state index in [-0.39, 0.29) is 4.90 Å². The van der Waals surface area contributed by atoms with Crippen LogP contribution in [0.2, 0.25) is 0 Å². The molecule has 1 aromatic heterocycles. The van der Waals surface area contributed by atoms with Crippen LogP contribution in [0.3, 0.4) is 0 Å². The Kier molecular flexibility index (Phi) is 4.87. The Morgan fingerprint density at radius 3 is 2.40 bits per heavy atom. The molecule has 130 valence electrons. The lowest BCUT2D eigenvalue weighted by Gasteiger charge is -2.20. The fourth-order valence-corrected chi connectivity index (χ4v) is 3.99. The number of halogens is 1. The van der Waals surface area contributed by atoms with Crippen molar-refractivity contribution in [2.45, 2.75) is 4.90 Å². The number of rotatable bonds is 5. The maximum absolute atomic E-state index is 13.0. The van der Waals surface area contributed by atoms with Gasteiger partial charge in [-0.2, -0.15) is 0 Å². The molecule has 0 saturated carbocycles. The first-order valence-corrected chi connectivity index (χ1v) is 9.73. The summed E-state index contributed by atoms with van der Waals surface area (Å²) in [5.74, 6) is 0.604. The van der Waals surface area contributed by atoms with Crippen LogP contribution in [0.4, 0.5) is 5.69 Å². The molecule has 0 bridgehead atoms. The lowest BCUT2D eigenvalue weighted by atomic mass is 10.1. The summed E-state index contributed by atoms with van der Waals surface area (Å²) in [6.45, 7) is 0.